The molecule has 0 amide bonds. The molecule has 3 aromatic rings. The topological polar surface area (TPSA) is 22.0 Å². The largest absolute Gasteiger partial charge is 0.312 e. The number of hydrogen-bond acceptors (Lipinski definition) is 1. The van der Waals surface area contributed by atoms with Gasteiger partial charge in [0.15, 0.2) is 5.43 Å². The molecule has 3 rings (SSSR count). The lowest BCUT2D eigenvalue weighted by atomic mass is 10.0. The average molecular weight is 386 g/mol. The van der Waals surface area contributed by atoms with Crippen LogP contribution in [0.1, 0.15) is 25.1 Å². The lowest BCUT2D eigenvalue weighted by Crippen LogP contribution is -2.19. The lowest BCUT2D eigenvalue weighted by molar-refractivity contribution is 0.623. The molecule has 0 aliphatic carbocycles. The van der Waals surface area contributed by atoms with E-state index in [1.54, 1.807) is 6.07 Å². The van der Waals surface area contributed by atoms with Gasteiger partial charge in [-0.2, -0.15) is 0 Å². The van der Waals surface area contributed by atoms with E-state index in [1.807, 2.05) is 55.5 Å². The molecule has 0 bridgehead atoms. The van der Waals surface area contributed by atoms with Crippen LogP contribution in [0.5, 0.6) is 0 Å². The Morgan fingerprint density at radius 3 is 2.19 bits per heavy atom. The van der Waals surface area contributed by atoms with E-state index in [2.05, 4.69) is 18.4 Å². The molecule has 0 unspecified atom stereocenters. The van der Waals surface area contributed by atoms with Crippen molar-refractivity contribution in [3.63, 3.8) is 0 Å². The number of hydrogen-bond donors (Lipinski definition) is 0. The van der Waals surface area contributed by atoms with Gasteiger partial charge >= 0.3 is 0 Å². The van der Waals surface area contributed by atoms with E-state index in [-0.39, 0.29) is 5.43 Å². The standard InChI is InChI=1S/C22H21Cl2NO/c1-14(2)12-16-13-21(26)15(3)22(17-8-4-5-9-18(17)23)25(16)20-11-7-6-10-19(20)24/h4-11,13-14H,12H2,1-3H3. The van der Waals surface area contributed by atoms with Crippen molar-refractivity contribution >= 4 is 23.2 Å². The van der Waals surface area contributed by atoms with Crippen molar-refractivity contribution in [2.75, 3.05) is 0 Å². The Labute approximate surface area is 164 Å². The van der Waals surface area contributed by atoms with Gasteiger partial charge in [-0.15, -0.1) is 0 Å². The summed E-state index contributed by atoms with van der Waals surface area (Å²) in [6, 6.07) is 17.0. The fourth-order valence-corrected chi connectivity index (χ4v) is 3.65. The van der Waals surface area contributed by atoms with E-state index in [9.17, 15) is 4.79 Å². The number of halogens is 2. The summed E-state index contributed by atoms with van der Waals surface area (Å²) in [6.45, 7) is 6.11. The number of nitrogens with zero attached hydrogens (tertiary/aromatic N) is 1. The maximum Gasteiger partial charge on any atom is 0.185 e. The SMILES string of the molecule is Cc1c(-c2ccccc2Cl)n(-c2ccccc2Cl)c(CC(C)C)cc1=O. The third-order valence-electron chi connectivity index (χ3n) is 4.37. The summed E-state index contributed by atoms with van der Waals surface area (Å²) in [5.74, 6) is 0.393. The van der Waals surface area contributed by atoms with Crippen molar-refractivity contribution in [2.45, 2.75) is 27.2 Å². The molecule has 26 heavy (non-hydrogen) atoms. The van der Waals surface area contributed by atoms with Gasteiger partial charge < -0.3 is 4.57 Å². The Hall–Kier alpha value is -2.03. The molecule has 0 aliphatic heterocycles. The van der Waals surface area contributed by atoms with Crippen molar-refractivity contribution in [1.29, 1.82) is 0 Å². The first-order valence-corrected chi connectivity index (χ1v) is 9.41. The molecule has 0 radical (unpaired) electrons. The smallest absolute Gasteiger partial charge is 0.185 e. The van der Waals surface area contributed by atoms with Crippen molar-refractivity contribution in [3.05, 3.63) is 86.1 Å². The van der Waals surface area contributed by atoms with E-state index in [1.165, 1.54) is 0 Å². The van der Waals surface area contributed by atoms with Gasteiger partial charge in [-0.05, 0) is 37.5 Å². The Balaban J connectivity index is 2.46. The molecule has 0 saturated heterocycles. The summed E-state index contributed by atoms with van der Waals surface area (Å²) in [6.07, 6.45) is 0.762. The van der Waals surface area contributed by atoms with Gasteiger partial charge in [0.25, 0.3) is 0 Å². The molecule has 0 N–H and O–H groups in total. The first-order chi connectivity index (χ1) is 12.4. The van der Waals surface area contributed by atoms with Crippen LogP contribution >= 0.6 is 23.2 Å². The highest BCUT2D eigenvalue weighted by Crippen LogP contribution is 2.34. The Morgan fingerprint density at radius 1 is 0.962 bits per heavy atom. The Morgan fingerprint density at radius 2 is 1.58 bits per heavy atom. The third kappa shape index (κ3) is 3.58. The predicted octanol–water partition coefficient (Wildman–Crippen LogP) is 6.32. The Kier molecular flexibility index (Phi) is 5.55. The monoisotopic (exact) mass is 385 g/mol. The number of rotatable bonds is 4. The number of aromatic nitrogens is 1. The van der Waals surface area contributed by atoms with E-state index < -0.39 is 0 Å². The quantitative estimate of drug-likeness (QED) is 0.514. The van der Waals surface area contributed by atoms with Crippen LogP contribution in [0.3, 0.4) is 0 Å². The second-order valence-electron chi connectivity index (χ2n) is 6.84. The summed E-state index contributed by atoms with van der Waals surface area (Å²) in [7, 11) is 0. The van der Waals surface area contributed by atoms with E-state index in [4.69, 9.17) is 23.2 Å². The minimum Gasteiger partial charge on any atom is -0.312 e. The highest BCUT2D eigenvalue weighted by Gasteiger charge is 2.19. The molecule has 0 fully saturated rings. The number of benzene rings is 2. The fraction of sp³-hybridized carbons (Fsp3) is 0.227. The number of para-hydroxylation sites is 1. The molecular weight excluding hydrogens is 365 g/mol. The van der Waals surface area contributed by atoms with E-state index in [0.29, 0.717) is 21.5 Å². The molecule has 0 aliphatic rings. The first kappa shape index (κ1) is 18.8. The zero-order valence-corrected chi connectivity index (χ0v) is 16.6. The van der Waals surface area contributed by atoms with Crippen LogP contribution in [-0.4, -0.2) is 4.57 Å². The van der Waals surface area contributed by atoms with Crippen LogP contribution in [0.15, 0.2) is 59.4 Å². The highest BCUT2D eigenvalue weighted by molar-refractivity contribution is 6.33. The third-order valence-corrected chi connectivity index (χ3v) is 5.02. The van der Waals surface area contributed by atoms with Crippen LogP contribution in [0.2, 0.25) is 10.0 Å². The summed E-state index contributed by atoms with van der Waals surface area (Å²) < 4.78 is 2.08. The van der Waals surface area contributed by atoms with Crippen molar-refractivity contribution in [3.8, 4) is 16.9 Å². The van der Waals surface area contributed by atoms with E-state index >= 15 is 0 Å². The minimum atomic E-state index is 0.0128. The fourth-order valence-electron chi connectivity index (χ4n) is 3.20. The molecule has 0 atom stereocenters. The molecule has 2 aromatic carbocycles. The molecule has 1 aromatic heterocycles. The van der Waals surface area contributed by atoms with Crippen molar-refractivity contribution in [2.24, 2.45) is 5.92 Å². The molecule has 134 valence electrons. The molecule has 0 saturated carbocycles. The van der Waals surface area contributed by atoms with Crippen LogP contribution in [0.4, 0.5) is 0 Å². The summed E-state index contributed by atoms with van der Waals surface area (Å²) in [5, 5.41) is 1.24. The van der Waals surface area contributed by atoms with Crippen LogP contribution < -0.4 is 5.43 Å². The van der Waals surface area contributed by atoms with Gasteiger partial charge in [-0.25, -0.2) is 0 Å². The van der Waals surface area contributed by atoms with Crippen molar-refractivity contribution < 1.29 is 0 Å². The summed E-state index contributed by atoms with van der Waals surface area (Å²) >= 11 is 13.0. The predicted molar refractivity (Wildman–Crippen MR) is 111 cm³/mol. The van der Waals surface area contributed by atoms with Crippen LogP contribution in [-0.2, 0) is 6.42 Å². The molecule has 4 heteroatoms. The van der Waals surface area contributed by atoms with Gasteiger partial charge in [0.2, 0.25) is 0 Å². The highest BCUT2D eigenvalue weighted by atomic mass is 35.5. The van der Waals surface area contributed by atoms with Gasteiger partial charge in [-0.3, -0.25) is 4.79 Å². The maximum absolute atomic E-state index is 12.7. The summed E-state index contributed by atoms with van der Waals surface area (Å²) in [5.41, 5.74) is 4.08. The van der Waals surface area contributed by atoms with Crippen molar-refractivity contribution in [1.82, 2.24) is 4.57 Å². The maximum atomic E-state index is 12.7. The first-order valence-electron chi connectivity index (χ1n) is 8.65. The van der Waals surface area contributed by atoms with Gasteiger partial charge in [-0.1, -0.05) is 67.4 Å². The Bertz CT molecular complexity index is 1010. The van der Waals surface area contributed by atoms with Crippen LogP contribution in [0.25, 0.3) is 16.9 Å². The van der Waals surface area contributed by atoms with Gasteiger partial charge in [0.05, 0.1) is 16.4 Å². The molecule has 0 spiro atoms. The van der Waals surface area contributed by atoms with E-state index in [0.717, 1.165) is 29.1 Å². The lowest BCUT2D eigenvalue weighted by Gasteiger charge is -2.23. The molecule has 2 nitrogen and oxygen atoms in total. The molecular formula is C22H21Cl2NO. The molecule has 1 heterocycles. The normalized spacial score (nSPS) is 11.2. The minimum absolute atomic E-state index is 0.0128. The van der Waals surface area contributed by atoms with Crippen LogP contribution in [0, 0.1) is 12.8 Å². The second kappa shape index (κ2) is 7.69. The van der Waals surface area contributed by atoms with Gasteiger partial charge in [0.1, 0.15) is 0 Å². The second-order valence-corrected chi connectivity index (χ2v) is 7.65. The zero-order chi connectivity index (χ0) is 18.8. The van der Waals surface area contributed by atoms with Gasteiger partial charge in [0, 0.05) is 27.9 Å². The zero-order valence-electron chi connectivity index (χ0n) is 15.1. The number of pyridine rings is 1. The summed E-state index contributed by atoms with van der Waals surface area (Å²) in [4.78, 5) is 12.7. The average Bonchev–Trinajstić information content (AvgIpc) is 2.59.